The topological polar surface area (TPSA) is 46.2 Å². The second kappa shape index (κ2) is 5.28. The summed E-state index contributed by atoms with van der Waals surface area (Å²) in [5, 5.41) is 12.9. The Morgan fingerprint density at radius 1 is 1.56 bits per heavy atom. The number of nitrogens with two attached hydrogens (primary N) is 1. The van der Waals surface area contributed by atoms with Crippen LogP contribution in [-0.4, -0.2) is 16.5 Å². The van der Waals surface area contributed by atoms with Gasteiger partial charge in [0, 0.05) is 16.9 Å². The summed E-state index contributed by atoms with van der Waals surface area (Å²) in [5.41, 5.74) is 6.53. The van der Waals surface area contributed by atoms with Gasteiger partial charge in [-0.05, 0) is 30.6 Å². The molecule has 4 atom stereocenters. The van der Waals surface area contributed by atoms with Gasteiger partial charge < -0.3 is 10.8 Å². The molecule has 0 saturated heterocycles. The molecule has 0 fully saturated rings. The third-order valence-electron chi connectivity index (χ3n) is 3.81. The van der Waals surface area contributed by atoms with Crippen LogP contribution in [0.5, 0.6) is 0 Å². The minimum Gasteiger partial charge on any atom is -0.400 e. The van der Waals surface area contributed by atoms with Crippen molar-refractivity contribution in [3.63, 3.8) is 0 Å². The fourth-order valence-electron chi connectivity index (χ4n) is 2.78. The fourth-order valence-corrected chi connectivity index (χ4v) is 4.20. The Labute approximate surface area is 102 Å². The predicted molar refractivity (Wildman–Crippen MR) is 69.9 cm³/mol. The lowest BCUT2D eigenvalue weighted by atomic mass is 9.80. The highest BCUT2D eigenvalue weighted by Gasteiger charge is 2.36. The smallest absolute Gasteiger partial charge is 0.0967 e. The minimum atomic E-state index is -0.424. The van der Waals surface area contributed by atoms with E-state index in [1.807, 2.05) is 17.8 Å². The van der Waals surface area contributed by atoms with Gasteiger partial charge in [-0.25, -0.2) is 0 Å². The molecule has 1 aliphatic heterocycles. The molecule has 2 nitrogen and oxygen atoms in total. The van der Waals surface area contributed by atoms with Gasteiger partial charge in [-0.1, -0.05) is 25.5 Å². The highest BCUT2D eigenvalue weighted by Crippen LogP contribution is 2.41. The number of rotatable bonds is 2. The Balaban J connectivity index is 2.11. The lowest BCUT2D eigenvalue weighted by Crippen LogP contribution is -2.39. The summed E-state index contributed by atoms with van der Waals surface area (Å²) in [6.45, 7) is 2.24. The van der Waals surface area contributed by atoms with Gasteiger partial charge in [-0.2, -0.15) is 0 Å². The van der Waals surface area contributed by atoms with Gasteiger partial charge in [-0.15, -0.1) is 11.8 Å². The van der Waals surface area contributed by atoms with E-state index in [0.717, 1.165) is 19.3 Å². The molecule has 90 valence electrons. The summed E-state index contributed by atoms with van der Waals surface area (Å²) in [4.78, 5) is 0. The third kappa shape index (κ3) is 2.30. The van der Waals surface area contributed by atoms with Crippen molar-refractivity contribution >= 4 is 11.8 Å². The molecular formula is C13H21NOS. The molecule has 4 unspecified atom stereocenters. The molecular weight excluding hydrogens is 218 g/mol. The van der Waals surface area contributed by atoms with E-state index in [1.165, 1.54) is 6.42 Å². The van der Waals surface area contributed by atoms with E-state index in [4.69, 9.17) is 5.73 Å². The van der Waals surface area contributed by atoms with Gasteiger partial charge in [0.15, 0.2) is 0 Å². The molecule has 2 aliphatic rings. The van der Waals surface area contributed by atoms with Crippen molar-refractivity contribution in [3.8, 4) is 0 Å². The van der Waals surface area contributed by atoms with Crippen LogP contribution in [0.4, 0.5) is 0 Å². The zero-order valence-electron chi connectivity index (χ0n) is 9.80. The van der Waals surface area contributed by atoms with Crippen LogP contribution in [0.3, 0.4) is 0 Å². The van der Waals surface area contributed by atoms with Gasteiger partial charge >= 0.3 is 0 Å². The summed E-state index contributed by atoms with van der Waals surface area (Å²) in [6.07, 6.45) is 8.24. The van der Waals surface area contributed by atoms with Crippen molar-refractivity contribution in [3.05, 3.63) is 23.3 Å². The van der Waals surface area contributed by atoms with Crippen LogP contribution >= 0.6 is 11.8 Å². The van der Waals surface area contributed by atoms with Crippen molar-refractivity contribution in [2.45, 2.75) is 44.0 Å². The van der Waals surface area contributed by atoms with Crippen LogP contribution in [0.2, 0.25) is 0 Å². The molecule has 0 bridgehead atoms. The first kappa shape index (κ1) is 12.1. The molecule has 0 saturated carbocycles. The highest BCUT2D eigenvalue weighted by molar-refractivity contribution is 8.02. The van der Waals surface area contributed by atoms with Crippen molar-refractivity contribution in [2.24, 2.45) is 17.6 Å². The maximum atomic E-state index is 10.2. The Kier molecular flexibility index (Phi) is 3.98. The van der Waals surface area contributed by atoms with Gasteiger partial charge in [-0.3, -0.25) is 0 Å². The van der Waals surface area contributed by atoms with E-state index in [1.54, 1.807) is 0 Å². The van der Waals surface area contributed by atoms with Crippen molar-refractivity contribution in [1.82, 2.24) is 0 Å². The molecule has 16 heavy (non-hydrogen) atoms. The summed E-state index contributed by atoms with van der Waals surface area (Å²) in [6, 6.07) is 0. The molecule has 0 radical (unpaired) electrons. The molecule has 3 N–H and O–H groups in total. The van der Waals surface area contributed by atoms with Crippen molar-refractivity contribution < 1.29 is 5.11 Å². The average molecular weight is 239 g/mol. The summed E-state index contributed by atoms with van der Waals surface area (Å²) < 4.78 is 0. The monoisotopic (exact) mass is 239 g/mol. The molecule has 3 heteroatoms. The van der Waals surface area contributed by atoms with Crippen LogP contribution < -0.4 is 5.73 Å². The highest BCUT2D eigenvalue weighted by atomic mass is 32.2. The quantitative estimate of drug-likeness (QED) is 0.778. The molecule has 0 spiro atoms. The number of hydrogen-bond donors (Lipinski definition) is 2. The first-order chi connectivity index (χ1) is 7.74. The van der Waals surface area contributed by atoms with Crippen molar-refractivity contribution in [2.75, 3.05) is 0 Å². The van der Waals surface area contributed by atoms with Crippen LogP contribution in [0.15, 0.2) is 23.3 Å². The fraction of sp³-hybridized carbons (Fsp3) is 0.692. The van der Waals surface area contributed by atoms with Gasteiger partial charge in [0.1, 0.15) is 0 Å². The Morgan fingerprint density at radius 3 is 3.12 bits per heavy atom. The standard InChI is InChI=1S/C13H21NOS/c1-2-9-5-4-8-16-13(9)10-6-3-7-11(14)12(10)15/h4,7-10,12-13,15H,2-3,5-6,14H2,1H3. The lowest BCUT2D eigenvalue weighted by Gasteiger charge is -2.38. The molecule has 1 heterocycles. The summed E-state index contributed by atoms with van der Waals surface area (Å²) in [7, 11) is 0. The molecule has 1 aliphatic carbocycles. The van der Waals surface area contributed by atoms with Gasteiger partial charge in [0.2, 0.25) is 0 Å². The maximum Gasteiger partial charge on any atom is 0.0967 e. The van der Waals surface area contributed by atoms with Crippen LogP contribution in [0, 0.1) is 11.8 Å². The SMILES string of the molecule is CCC1CC=CSC1C1CCC=C(N)C1O. The van der Waals surface area contributed by atoms with Gasteiger partial charge in [0.25, 0.3) is 0 Å². The van der Waals surface area contributed by atoms with E-state index >= 15 is 0 Å². The van der Waals surface area contributed by atoms with Gasteiger partial charge in [0.05, 0.1) is 6.10 Å². The van der Waals surface area contributed by atoms with E-state index in [-0.39, 0.29) is 0 Å². The van der Waals surface area contributed by atoms with E-state index < -0.39 is 6.10 Å². The number of aliphatic hydroxyl groups is 1. The van der Waals surface area contributed by atoms with E-state index in [9.17, 15) is 5.11 Å². The zero-order chi connectivity index (χ0) is 11.5. The Hall–Kier alpha value is -0.410. The first-order valence-corrected chi connectivity index (χ1v) is 7.12. The average Bonchev–Trinajstić information content (AvgIpc) is 2.33. The minimum absolute atomic E-state index is 0.338. The summed E-state index contributed by atoms with van der Waals surface area (Å²) >= 11 is 1.88. The Morgan fingerprint density at radius 2 is 2.38 bits per heavy atom. The number of aliphatic hydroxyl groups excluding tert-OH is 1. The largest absolute Gasteiger partial charge is 0.400 e. The predicted octanol–water partition coefficient (Wildman–Crippen LogP) is 2.65. The number of allylic oxidation sites excluding steroid dienone is 2. The third-order valence-corrected chi connectivity index (χ3v) is 5.21. The molecule has 0 aromatic carbocycles. The van der Waals surface area contributed by atoms with Crippen LogP contribution in [0.1, 0.15) is 32.6 Å². The molecule has 0 aromatic heterocycles. The van der Waals surface area contributed by atoms with Crippen LogP contribution in [0.25, 0.3) is 0 Å². The zero-order valence-corrected chi connectivity index (χ0v) is 10.6. The van der Waals surface area contributed by atoms with Crippen LogP contribution in [-0.2, 0) is 0 Å². The maximum absolute atomic E-state index is 10.2. The molecule has 2 rings (SSSR count). The second-order valence-electron chi connectivity index (χ2n) is 4.77. The van der Waals surface area contributed by atoms with E-state index in [0.29, 0.717) is 22.8 Å². The lowest BCUT2D eigenvalue weighted by molar-refractivity contribution is 0.113. The van der Waals surface area contributed by atoms with Crippen molar-refractivity contribution in [1.29, 1.82) is 0 Å². The Bertz CT molecular complexity index is 300. The molecule has 0 amide bonds. The first-order valence-electron chi connectivity index (χ1n) is 6.18. The normalized spacial score (nSPS) is 39.5. The summed E-state index contributed by atoms with van der Waals surface area (Å²) in [5.74, 6) is 1.03. The van der Waals surface area contributed by atoms with E-state index in [2.05, 4.69) is 18.4 Å². The molecule has 0 aromatic rings. The number of thioether (sulfide) groups is 1. The second-order valence-corrected chi connectivity index (χ2v) is 5.86. The number of hydrogen-bond acceptors (Lipinski definition) is 3.